The van der Waals surface area contributed by atoms with Gasteiger partial charge < -0.3 is 14.4 Å². The first-order valence-corrected chi connectivity index (χ1v) is 11.0. The SMILES string of the molecule is O=C(O)C1CCCN(c2nc(-c3ccc(-c4cnco4)cc3)c(-c3ccccc3)s2)C1. The summed E-state index contributed by atoms with van der Waals surface area (Å²) in [6, 6.07) is 18.3. The van der Waals surface area contributed by atoms with Crippen LogP contribution in [-0.4, -0.2) is 34.1 Å². The third kappa shape index (κ3) is 3.96. The van der Waals surface area contributed by atoms with Crippen molar-refractivity contribution in [3.05, 3.63) is 67.2 Å². The van der Waals surface area contributed by atoms with Gasteiger partial charge in [-0.25, -0.2) is 9.97 Å². The molecule has 1 atom stereocenters. The fourth-order valence-corrected chi connectivity index (χ4v) is 5.06. The Balaban J connectivity index is 1.53. The minimum absolute atomic E-state index is 0.345. The summed E-state index contributed by atoms with van der Waals surface area (Å²) in [6.07, 6.45) is 4.70. The van der Waals surface area contributed by atoms with Gasteiger partial charge in [0.25, 0.3) is 0 Å². The first-order chi connectivity index (χ1) is 15.2. The molecule has 6 nitrogen and oxygen atoms in total. The highest BCUT2D eigenvalue weighted by Gasteiger charge is 2.28. The molecule has 0 aliphatic carbocycles. The lowest BCUT2D eigenvalue weighted by Crippen LogP contribution is -2.38. The molecular formula is C24H21N3O3S. The molecule has 156 valence electrons. The van der Waals surface area contributed by atoms with Crippen LogP contribution in [0.5, 0.6) is 0 Å². The third-order valence-electron chi connectivity index (χ3n) is 5.57. The Morgan fingerprint density at radius 3 is 2.55 bits per heavy atom. The highest BCUT2D eigenvalue weighted by atomic mass is 32.1. The first-order valence-electron chi connectivity index (χ1n) is 10.2. The Hall–Kier alpha value is -3.45. The second-order valence-electron chi connectivity index (χ2n) is 7.61. The summed E-state index contributed by atoms with van der Waals surface area (Å²) in [6.45, 7) is 1.33. The van der Waals surface area contributed by atoms with Crippen LogP contribution < -0.4 is 4.90 Å². The van der Waals surface area contributed by atoms with E-state index in [1.165, 1.54) is 6.39 Å². The summed E-state index contributed by atoms with van der Waals surface area (Å²) >= 11 is 1.62. The highest BCUT2D eigenvalue weighted by Crippen LogP contribution is 2.41. The van der Waals surface area contributed by atoms with Crippen LogP contribution in [0.25, 0.3) is 33.0 Å². The number of aromatic nitrogens is 2. The fraction of sp³-hybridized carbons (Fsp3) is 0.208. The lowest BCUT2D eigenvalue weighted by molar-refractivity contribution is -0.141. The van der Waals surface area contributed by atoms with Crippen molar-refractivity contribution in [1.29, 1.82) is 0 Å². The summed E-state index contributed by atoms with van der Waals surface area (Å²) in [4.78, 5) is 23.7. The molecule has 1 aliphatic heterocycles. The number of carboxylic acid groups (broad SMARTS) is 1. The Morgan fingerprint density at radius 1 is 1.06 bits per heavy atom. The van der Waals surface area contributed by atoms with Crippen LogP contribution in [0.2, 0.25) is 0 Å². The number of carbonyl (C=O) groups is 1. The number of aliphatic carboxylic acids is 1. The van der Waals surface area contributed by atoms with Crippen LogP contribution >= 0.6 is 11.3 Å². The summed E-state index contributed by atoms with van der Waals surface area (Å²) in [5, 5.41) is 10.3. The minimum atomic E-state index is -0.729. The molecule has 5 rings (SSSR count). The van der Waals surface area contributed by atoms with Crippen LogP contribution in [0.1, 0.15) is 12.8 Å². The molecule has 7 heteroatoms. The molecule has 1 unspecified atom stereocenters. The van der Waals surface area contributed by atoms with Gasteiger partial charge >= 0.3 is 5.97 Å². The quantitative estimate of drug-likeness (QED) is 0.454. The first kappa shape index (κ1) is 19.5. The molecule has 31 heavy (non-hydrogen) atoms. The van der Waals surface area contributed by atoms with E-state index in [2.05, 4.69) is 22.0 Å². The molecular weight excluding hydrogens is 410 g/mol. The van der Waals surface area contributed by atoms with Crippen molar-refractivity contribution >= 4 is 22.4 Å². The lowest BCUT2D eigenvalue weighted by atomic mass is 9.99. The number of rotatable bonds is 5. The molecule has 2 aromatic carbocycles. The zero-order valence-corrected chi connectivity index (χ0v) is 17.6. The Kier molecular flexibility index (Phi) is 5.26. The van der Waals surface area contributed by atoms with Gasteiger partial charge in [-0.3, -0.25) is 4.79 Å². The number of anilines is 1. The molecule has 0 radical (unpaired) electrons. The van der Waals surface area contributed by atoms with E-state index in [0.29, 0.717) is 6.54 Å². The Morgan fingerprint density at radius 2 is 1.84 bits per heavy atom. The summed E-state index contributed by atoms with van der Waals surface area (Å²) in [7, 11) is 0. The number of carboxylic acids is 1. The average Bonchev–Trinajstić information content (AvgIpc) is 3.51. The zero-order chi connectivity index (χ0) is 21.2. The summed E-state index contributed by atoms with van der Waals surface area (Å²) < 4.78 is 5.39. The predicted molar refractivity (Wildman–Crippen MR) is 121 cm³/mol. The summed E-state index contributed by atoms with van der Waals surface area (Å²) in [5.41, 5.74) is 3.98. The number of hydrogen-bond acceptors (Lipinski definition) is 6. The van der Waals surface area contributed by atoms with Gasteiger partial charge in [0.05, 0.1) is 22.7 Å². The van der Waals surface area contributed by atoms with Crippen molar-refractivity contribution in [2.75, 3.05) is 18.0 Å². The van der Waals surface area contributed by atoms with E-state index < -0.39 is 5.97 Å². The third-order valence-corrected chi connectivity index (χ3v) is 6.73. The molecule has 1 saturated heterocycles. The van der Waals surface area contributed by atoms with Gasteiger partial charge in [0.2, 0.25) is 0 Å². The van der Waals surface area contributed by atoms with Gasteiger partial charge in [-0.1, -0.05) is 65.9 Å². The van der Waals surface area contributed by atoms with Crippen LogP contribution in [0.3, 0.4) is 0 Å². The normalized spacial score (nSPS) is 16.4. The largest absolute Gasteiger partial charge is 0.481 e. The molecule has 0 bridgehead atoms. The van der Waals surface area contributed by atoms with E-state index in [4.69, 9.17) is 9.40 Å². The number of piperidine rings is 1. The van der Waals surface area contributed by atoms with Gasteiger partial charge in [-0.2, -0.15) is 0 Å². The van der Waals surface area contributed by atoms with Crippen molar-refractivity contribution in [3.63, 3.8) is 0 Å². The molecule has 1 fully saturated rings. The Labute approximate surface area is 183 Å². The average molecular weight is 432 g/mol. The number of hydrogen-bond donors (Lipinski definition) is 1. The molecule has 0 spiro atoms. The van der Waals surface area contributed by atoms with Crippen LogP contribution in [-0.2, 0) is 4.79 Å². The standard InChI is InChI=1S/C24H21N3O3S/c28-23(29)19-7-4-12-27(14-19)24-26-21(22(31-24)18-5-2-1-3-6-18)17-10-8-16(9-11-17)20-13-25-15-30-20/h1-3,5-6,8-11,13,15,19H,4,7,12,14H2,(H,28,29). The molecule has 3 heterocycles. The maximum Gasteiger partial charge on any atom is 0.308 e. The number of thiazole rings is 1. The van der Waals surface area contributed by atoms with E-state index in [0.717, 1.165) is 57.5 Å². The minimum Gasteiger partial charge on any atom is -0.481 e. The summed E-state index contributed by atoms with van der Waals surface area (Å²) in [5.74, 6) is -0.350. The van der Waals surface area contributed by atoms with Crippen LogP contribution in [0.15, 0.2) is 71.6 Å². The van der Waals surface area contributed by atoms with Gasteiger partial charge in [0.1, 0.15) is 0 Å². The van der Waals surface area contributed by atoms with E-state index in [1.54, 1.807) is 17.5 Å². The number of oxazole rings is 1. The van der Waals surface area contributed by atoms with Crippen molar-refractivity contribution < 1.29 is 14.3 Å². The van der Waals surface area contributed by atoms with Crippen molar-refractivity contribution in [1.82, 2.24) is 9.97 Å². The topological polar surface area (TPSA) is 79.5 Å². The van der Waals surface area contributed by atoms with E-state index >= 15 is 0 Å². The maximum atomic E-state index is 11.5. The molecule has 4 aromatic rings. The van der Waals surface area contributed by atoms with Crippen LogP contribution in [0, 0.1) is 5.92 Å². The van der Waals surface area contributed by atoms with Crippen LogP contribution in [0.4, 0.5) is 5.13 Å². The Bertz CT molecular complexity index is 1170. The zero-order valence-electron chi connectivity index (χ0n) is 16.8. The molecule has 1 aliphatic rings. The molecule has 0 saturated carbocycles. The lowest BCUT2D eigenvalue weighted by Gasteiger charge is -2.30. The van der Waals surface area contributed by atoms with Gasteiger partial charge in [-0.05, 0) is 18.4 Å². The van der Waals surface area contributed by atoms with E-state index in [9.17, 15) is 9.90 Å². The number of nitrogens with zero attached hydrogens (tertiary/aromatic N) is 3. The number of benzene rings is 2. The molecule has 2 aromatic heterocycles. The van der Waals surface area contributed by atoms with Crippen molar-refractivity contribution in [2.45, 2.75) is 12.8 Å². The van der Waals surface area contributed by atoms with Gasteiger partial charge in [0.15, 0.2) is 17.3 Å². The molecule has 1 N–H and O–H groups in total. The predicted octanol–water partition coefficient (Wildman–Crippen LogP) is 5.43. The van der Waals surface area contributed by atoms with Gasteiger partial charge in [-0.15, -0.1) is 0 Å². The second-order valence-corrected chi connectivity index (χ2v) is 8.58. The second kappa shape index (κ2) is 8.35. The fourth-order valence-electron chi connectivity index (χ4n) is 3.93. The van der Waals surface area contributed by atoms with E-state index in [-0.39, 0.29) is 5.92 Å². The monoisotopic (exact) mass is 431 g/mol. The van der Waals surface area contributed by atoms with Crippen molar-refractivity contribution in [3.8, 4) is 33.0 Å². The van der Waals surface area contributed by atoms with E-state index in [1.807, 2.05) is 42.5 Å². The molecule has 0 amide bonds. The van der Waals surface area contributed by atoms with Crippen molar-refractivity contribution in [2.24, 2.45) is 5.92 Å². The maximum absolute atomic E-state index is 11.5. The van der Waals surface area contributed by atoms with Gasteiger partial charge in [0, 0.05) is 24.2 Å². The highest BCUT2D eigenvalue weighted by molar-refractivity contribution is 7.19. The smallest absolute Gasteiger partial charge is 0.308 e.